The normalized spacial score (nSPS) is 21.9. The average molecular weight is 464 g/mol. The van der Waals surface area contributed by atoms with Gasteiger partial charge in [-0.25, -0.2) is 4.99 Å². The number of methoxy groups -OCH3 is 1. The van der Waals surface area contributed by atoms with Crippen LogP contribution in [0.15, 0.2) is 46.3 Å². The fourth-order valence-electron chi connectivity index (χ4n) is 4.90. The van der Waals surface area contributed by atoms with Crippen molar-refractivity contribution in [2.45, 2.75) is 58.9 Å². The summed E-state index contributed by atoms with van der Waals surface area (Å²) in [4.78, 5) is 20.4. The molecule has 4 rings (SSSR count). The number of nitrogens with zero attached hydrogens (tertiary/aromatic N) is 2. The lowest BCUT2D eigenvalue weighted by atomic mass is 9.79. The van der Waals surface area contributed by atoms with Crippen LogP contribution in [0.5, 0.6) is 5.75 Å². The Hall–Kier alpha value is -2.73. The summed E-state index contributed by atoms with van der Waals surface area (Å²) >= 11 is 1.36. The van der Waals surface area contributed by atoms with Crippen LogP contribution in [-0.4, -0.2) is 30.3 Å². The van der Waals surface area contributed by atoms with E-state index in [1.165, 1.54) is 23.0 Å². The van der Waals surface area contributed by atoms with E-state index in [0.29, 0.717) is 16.0 Å². The molecule has 174 valence electrons. The Balaban J connectivity index is 1.70. The molecule has 5 nitrogen and oxygen atoms in total. The number of fused-ring (bicyclic) bond motifs is 1. The SMILES string of the molecule is CCCN1c2cc(OC)c(/C=C3/SC(=Nc4cccc(C)c4)NC3=O)cc2C(C)CC1(C)C. The van der Waals surface area contributed by atoms with Crippen molar-refractivity contribution in [3.8, 4) is 5.75 Å². The van der Waals surface area contributed by atoms with Crippen LogP contribution in [-0.2, 0) is 4.79 Å². The summed E-state index contributed by atoms with van der Waals surface area (Å²) in [7, 11) is 1.69. The molecular weight excluding hydrogens is 430 g/mol. The largest absolute Gasteiger partial charge is 0.496 e. The Morgan fingerprint density at radius 3 is 2.79 bits per heavy atom. The fraction of sp³-hybridized carbons (Fsp3) is 0.407. The third-order valence-corrected chi connectivity index (χ3v) is 7.26. The zero-order valence-corrected chi connectivity index (χ0v) is 21.2. The van der Waals surface area contributed by atoms with E-state index < -0.39 is 0 Å². The van der Waals surface area contributed by atoms with Gasteiger partial charge < -0.3 is 15.0 Å². The van der Waals surface area contributed by atoms with Gasteiger partial charge in [0.1, 0.15) is 5.75 Å². The summed E-state index contributed by atoms with van der Waals surface area (Å²) in [6.07, 6.45) is 4.10. The van der Waals surface area contributed by atoms with Gasteiger partial charge in [-0.05, 0) is 86.7 Å². The molecule has 2 aromatic rings. The second kappa shape index (κ2) is 9.26. The van der Waals surface area contributed by atoms with Crippen molar-refractivity contribution in [3.05, 3.63) is 58.0 Å². The molecule has 1 amide bonds. The Bertz CT molecular complexity index is 1140. The lowest BCUT2D eigenvalue weighted by Gasteiger charge is -2.47. The molecule has 0 spiro atoms. The summed E-state index contributed by atoms with van der Waals surface area (Å²) in [5, 5.41) is 3.49. The summed E-state index contributed by atoms with van der Waals surface area (Å²) in [6, 6.07) is 12.3. The minimum atomic E-state index is -0.132. The molecule has 1 atom stereocenters. The zero-order chi connectivity index (χ0) is 23.8. The molecule has 0 aromatic heterocycles. The first kappa shape index (κ1) is 23.4. The second-order valence-corrected chi connectivity index (χ2v) is 10.6. The van der Waals surface area contributed by atoms with Gasteiger partial charge in [-0.2, -0.15) is 0 Å². The predicted molar refractivity (Wildman–Crippen MR) is 140 cm³/mol. The Labute approximate surface area is 201 Å². The van der Waals surface area contributed by atoms with E-state index in [-0.39, 0.29) is 11.4 Å². The van der Waals surface area contributed by atoms with Gasteiger partial charge in [0.2, 0.25) is 0 Å². The van der Waals surface area contributed by atoms with Gasteiger partial charge in [-0.3, -0.25) is 4.79 Å². The molecule has 1 N–H and O–H groups in total. The molecule has 1 saturated heterocycles. The summed E-state index contributed by atoms with van der Waals surface area (Å²) in [6.45, 7) is 12.2. The van der Waals surface area contributed by atoms with Crippen LogP contribution < -0.4 is 15.0 Å². The molecule has 2 aliphatic heterocycles. The maximum absolute atomic E-state index is 12.7. The third-order valence-electron chi connectivity index (χ3n) is 6.35. The molecular formula is C27H33N3O2S. The molecule has 0 bridgehead atoms. The zero-order valence-electron chi connectivity index (χ0n) is 20.4. The molecule has 0 saturated carbocycles. The van der Waals surface area contributed by atoms with Crippen molar-refractivity contribution in [1.29, 1.82) is 0 Å². The number of rotatable bonds is 5. The summed E-state index contributed by atoms with van der Waals surface area (Å²) in [5.74, 6) is 1.08. The van der Waals surface area contributed by atoms with Crippen LogP contribution >= 0.6 is 11.8 Å². The predicted octanol–water partition coefficient (Wildman–Crippen LogP) is 6.40. The van der Waals surface area contributed by atoms with Gasteiger partial charge in [0.25, 0.3) is 5.91 Å². The average Bonchev–Trinajstić information content (AvgIpc) is 3.09. The van der Waals surface area contributed by atoms with Crippen molar-refractivity contribution >= 4 is 40.3 Å². The van der Waals surface area contributed by atoms with Gasteiger partial charge >= 0.3 is 0 Å². The minimum absolute atomic E-state index is 0.0930. The monoisotopic (exact) mass is 463 g/mol. The van der Waals surface area contributed by atoms with E-state index in [0.717, 1.165) is 42.0 Å². The molecule has 2 aromatic carbocycles. The number of carbonyl (C=O) groups excluding carboxylic acids is 1. The second-order valence-electron chi connectivity index (χ2n) is 9.54. The Morgan fingerprint density at radius 1 is 1.30 bits per heavy atom. The maximum atomic E-state index is 12.7. The van der Waals surface area contributed by atoms with Gasteiger partial charge in [-0.1, -0.05) is 26.0 Å². The van der Waals surface area contributed by atoms with E-state index in [9.17, 15) is 4.79 Å². The smallest absolute Gasteiger partial charge is 0.264 e. The molecule has 0 aliphatic carbocycles. The first-order valence-corrected chi connectivity index (χ1v) is 12.4. The van der Waals surface area contributed by atoms with Gasteiger partial charge in [0.05, 0.1) is 17.7 Å². The first-order chi connectivity index (χ1) is 15.7. The number of anilines is 1. The van der Waals surface area contributed by atoms with Crippen molar-refractivity contribution < 1.29 is 9.53 Å². The topological polar surface area (TPSA) is 53.9 Å². The molecule has 33 heavy (non-hydrogen) atoms. The molecule has 2 aliphatic rings. The van der Waals surface area contributed by atoms with Crippen molar-refractivity contribution in [3.63, 3.8) is 0 Å². The number of nitrogens with one attached hydrogen (secondary N) is 1. The van der Waals surface area contributed by atoms with E-state index in [1.54, 1.807) is 7.11 Å². The number of thioether (sulfide) groups is 1. The molecule has 2 heterocycles. The molecule has 0 radical (unpaired) electrons. The highest BCUT2D eigenvalue weighted by Crippen LogP contribution is 2.46. The highest BCUT2D eigenvalue weighted by atomic mass is 32.2. The molecule has 1 unspecified atom stereocenters. The van der Waals surface area contributed by atoms with E-state index in [2.05, 4.69) is 55.0 Å². The number of amidine groups is 1. The number of amides is 1. The maximum Gasteiger partial charge on any atom is 0.264 e. The summed E-state index contributed by atoms with van der Waals surface area (Å²) in [5.41, 5.74) is 5.54. The van der Waals surface area contributed by atoms with Crippen LogP contribution in [0.1, 0.15) is 63.1 Å². The van der Waals surface area contributed by atoms with Crippen LogP contribution in [0.3, 0.4) is 0 Å². The van der Waals surface area contributed by atoms with E-state index in [1.807, 2.05) is 37.3 Å². The standard InChI is InChI=1S/C27H33N3O2S/c1-7-11-30-22-15-23(32-6)19(13-21(22)18(3)16-27(30,4)5)14-24-25(31)29-26(33-24)28-20-10-8-9-17(2)12-20/h8-10,12-15,18H,7,11,16H2,1-6H3,(H,28,29,31)/b24-14+. The Kier molecular flexibility index (Phi) is 6.57. The van der Waals surface area contributed by atoms with Crippen molar-refractivity contribution in [2.24, 2.45) is 4.99 Å². The number of aryl methyl sites for hydroxylation is 1. The number of carbonyl (C=O) groups is 1. The number of hydrogen-bond donors (Lipinski definition) is 1. The first-order valence-electron chi connectivity index (χ1n) is 11.6. The van der Waals surface area contributed by atoms with Gasteiger partial charge in [-0.15, -0.1) is 0 Å². The van der Waals surface area contributed by atoms with Crippen LogP contribution in [0.2, 0.25) is 0 Å². The van der Waals surface area contributed by atoms with Crippen molar-refractivity contribution in [1.82, 2.24) is 5.32 Å². The van der Waals surface area contributed by atoms with E-state index >= 15 is 0 Å². The fourth-order valence-corrected chi connectivity index (χ4v) is 5.73. The minimum Gasteiger partial charge on any atom is -0.496 e. The number of hydrogen-bond acceptors (Lipinski definition) is 5. The van der Waals surface area contributed by atoms with E-state index in [4.69, 9.17) is 4.74 Å². The van der Waals surface area contributed by atoms with Gasteiger partial charge in [0, 0.05) is 29.4 Å². The van der Waals surface area contributed by atoms with Gasteiger partial charge in [0.15, 0.2) is 5.17 Å². The van der Waals surface area contributed by atoms with Crippen LogP contribution in [0, 0.1) is 6.92 Å². The third kappa shape index (κ3) is 4.81. The highest BCUT2D eigenvalue weighted by Gasteiger charge is 2.36. The number of benzene rings is 2. The number of aliphatic imine (C=N–C) groups is 1. The van der Waals surface area contributed by atoms with Crippen LogP contribution in [0.4, 0.5) is 11.4 Å². The lowest BCUT2D eigenvalue weighted by molar-refractivity contribution is -0.115. The molecule has 6 heteroatoms. The molecule has 1 fully saturated rings. The summed E-state index contributed by atoms with van der Waals surface area (Å²) < 4.78 is 5.78. The highest BCUT2D eigenvalue weighted by molar-refractivity contribution is 8.18. The van der Waals surface area contributed by atoms with Crippen LogP contribution in [0.25, 0.3) is 6.08 Å². The van der Waals surface area contributed by atoms with Crippen molar-refractivity contribution in [2.75, 3.05) is 18.6 Å². The Morgan fingerprint density at radius 2 is 2.09 bits per heavy atom. The lowest BCUT2D eigenvalue weighted by Crippen LogP contribution is -2.48. The quantitative estimate of drug-likeness (QED) is 0.522. The number of ether oxygens (including phenoxy) is 1.